The summed E-state index contributed by atoms with van der Waals surface area (Å²) in [6.07, 6.45) is 0. The Kier molecular flexibility index (Phi) is 3.83. The van der Waals surface area contributed by atoms with Crippen molar-refractivity contribution in [3.05, 3.63) is 59.7 Å². The van der Waals surface area contributed by atoms with E-state index in [9.17, 15) is 0 Å². The first-order chi connectivity index (χ1) is 8.81. The Morgan fingerprint density at radius 1 is 1.06 bits per heavy atom. The lowest BCUT2D eigenvalue weighted by atomic mass is 10.2. The maximum atomic E-state index is 8.83. The Labute approximate surface area is 107 Å². The average molecular weight is 237 g/mol. The zero-order chi connectivity index (χ0) is 12.8. The van der Waals surface area contributed by atoms with E-state index in [0.717, 1.165) is 17.9 Å². The van der Waals surface area contributed by atoms with Crippen LogP contribution >= 0.6 is 0 Å². The highest BCUT2D eigenvalue weighted by molar-refractivity contribution is 5.50. The molecule has 3 nitrogen and oxygen atoms in total. The molecule has 0 atom stereocenters. The Morgan fingerprint density at radius 2 is 1.83 bits per heavy atom. The molecule has 0 unspecified atom stereocenters. The molecule has 2 aromatic rings. The lowest BCUT2D eigenvalue weighted by molar-refractivity contribution is 1.15. The summed E-state index contributed by atoms with van der Waals surface area (Å²) in [6.45, 7) is 0.740. The molecule has 0 aliphatic carbocycles. The van der Waals surface area contributed by atoms with E-state index in [-0.39, 0.29) is 0 Å². The normalized spacial score (nSPS) is 9.56. The smallest absolute Gasteiger partial charge is 0.0992 e. The first-order valence-electron chi connectivity index (χ1n) is 5.82. The van der Waals surface area contributed by atoms with Crippen LogP contribution in [-0.2, 0) is 6.54 Å². The van der Waals surface area contributed by atoms with Crippen LogP contribution in [-0.4, -0.2) is 7.05 Å². The predicted molar refractivity (Wildman–Crippen MR) is 74.5 cm³/mol. The zero-order valence-electron chi connectivity index (χ0n) is 10.3. The molecule has 0 aliphatic heterocycles. The van der Waals surface area contributed by atoms with Gasteiger partial charge in [-0.1, -0.05) is 18.2 Å². The minimum Gasteiger partial charge on any atom is -0.388 e. The standard InChI is InChI=1S/C15H15N3/c1-17-14-6-3-5-13(9-14)11-18-15-7-2-4-12(8-15)10-16/h2-9,17-18H,11H2,1H3. The van der Waals surface area contributed by atoms with Crippen LogP contribution in [0.25, 0.3) is 0 Å². The van der Waals surface area contributed by atoms with Crippen LogP contribution in [0, 0.1) is 11.3 Å². The lowest BCUT2D eigenvalue weighted by Gasteiger charge is -2.08. The number of benzene rings is 2. The number of nitrogens with one attached hydrogen (secondary N) is 2. The molecule has 2 N–H and O–H groups in total. The van der Waals surface area contributed by atoms with Crippen LogP contribution in [0.3, 0.4) is 0 Å². The molecule has 0 radical (unpaired) electrons. The summed E-state index contributed by atoms with van der Waals surface area (Å²) in [6, 6.07) is 17.8. The number of nitriles is 1. The third-order valence-corrected chi connectivity index (χ3v) is 2.70. The molecule has 2 rings (SSSR count). The minimum absolute atomic E-state index is 0.670. The fraction of sp³-hybridized carbons (Fsp3) is 0.133. The third kappa shape index (κ3) is 3.02. The Bertz CT molecular complexity index is 570. The van der Waals surface area contributed by atoms with Gasteiger partial charge in [-0.25, -0.2) is 0 Å². The monoisotopic (exact) mass is 237 g/mol. The van der Waals surface area contributed by atoms with E-state index in [0.29, 0.717) is 5.56 Å². The van der Waals surface area contributed by atoms with Crippen LogP contribution in [0.5, 0.6) is 0 Å². The predicted octanol–water partition coefficient (Wildman–Crippen LogP) is 3.21. The second-order valence-corrected chi connectivity index (χ2v) is 4.00. The fourth-order valence-corrected chi connectivity index (χ4v) is 1.74. The molecule has 90 valence electrons. The van der Waals surface area contributed by atoms with Crippen molar-refractivity contribution in [3.8, 4) is 6.07 Å². The number of hydrogen-bond donors (Lipinski definition) is 2. The molecule has 0 heterocycles. The highest BCUT2D eigenvalue weighted by Crippen LogP contribution is 2.14. The Hall–Kier alpha value is -2.47. The maximum absolute atomic E-state index is 8.83. The Balaban J connectivity index is 2.04. The van der Waals surface area contributed by atoms with Crippen LogP contribution in [0.2, 0.25) is 0 Å². The van der Waals surface area contributed by atoms with Gasteiger partial charge in [0.15, 0.2) is 0 Å². The van der Waals surface area contributed by atoms with Gasteiger partial charge in [-0.2, -0.15) is 5.26 Å². The minimum atomic E-state index is 0.670. The van der Waals surface area contributed by atoms with Gasteiger partial charge in [0.1, 0.15) is 0 Å². The Morgan fingerprint density at radius 3 is 2.61 bits per heavy atom. The molecule has 0 aliphatic rings. The average Bonchev–Trinajstić information content (AvgIpc) is 2.45. The quantitative estimate of drug-likeness (QED) is 0.858. The van der Waals surface area contributed by atoms with Crippen molar-refractivity contribution in [1.82, 2.24) is 0 Å². The van der Waals surface area contributed by atoms with Crippen molar-refractivity contribution < 1.29 is 0 Å². The molecule has 0 aromatic heterocycles. The largest absolute Gasteiger partial charge is 0.388 e. The SMILES string of the molecule is CNc1cccc(CNc2cccc(C#N)c2)c1. The van der Waals surface area contributed by atoms with E-state index in [2.05, 4.69) is 28.8 Å². The molecule has 0 saturated carbocycles. The molecular weight excluding hydrogens is 222 g/mol. The van der Waals surface area contributed by atoms with Gasteiger partial charge in [0.2, 0.25) is 0 Å². The van der Waals surface area contributed by atoms with E-state index in [1.165, 1.54) is 5.56 Å². The molecule has 0 amide bonds. The van der Waals surface area contributed by atoms with Crippen LogP contribution in [0.1, 0.15) is 11.1 Å². The van der Waals surface area contributed by atoms with Crippen molar-refractivity contribution >= 4 is 11.4 Å². The summed E-state index contributed by atoms with van der Waals surface area (Å²) in [5, 5.41) is 15.3. The van der Waals surface area contributed by atoms with Gasteiger partial charge >= 0.3 is 0 Å². The van der Waals surface area contributed by atoms with Crippen molar-refractivity contribution in [3.63, 3.8) is 0 Å². The summed E-state index contributed by atoms with van der Waals surface area (Å²) in [7, 11) is 1.91. The molecular formula is C15H15N3. The van der Waals surface area contributed by atoms with E-state index in [4.69, 9.17) is 5.26 Å². The first-order valence-corrected chi connectivity index (χ1v) is 5.82. The molecule has 0 fully saturated rings. The van der Waals surface area contributed by atoms with Gasteiger partial charge in [-0.05, 0) is 35.9 Å². The van der Waals surface area contributed by atoms with E-state index in [1.54, 1.807) is 6.07 Å². The van der Waals surface area contributed by atoms with Crippen LogP contribution < -0.4 is 10.6 Å². The zero-order valence-corrected chi connectivity index (χ0v) is 10.3. The van der Waals surface area contributed by atoms with Crippen LogP contribution in [0.4, 0.5) is 11.4 Å². The summed E-state index contributed by atoms with van der Waals surface area (Å²) in [5.74, 6) is 0. The van der Waals surface area contributed by atoms with E-state index in [1.807, 2.05) is 37.4 Å². The summed E-state index contributed by atoms with van der Waals surface area (Å²) < 4.78 is 0. The summed E-state index contributed by atoms with van der Waals surface area (Å²) in [5.41, 5.74) is 3.93. The topological polar surface area (TPSA) is 47.8 Å². The second-order valence-electron chi connectivity index (χ2n) is 4.00. The van der Waals surface area contributed by atoms with Gasteiger partial charge in [-0.3, -0.25) is 0 Å². The molecule has 0 saturated heterocycles. The summed E-state index contributed by atoms with van der Waals surface area (Å²) >= 11 is 0. The number of rotatable bonds is 4. The van der Waals surface area contributed by atoms with Gasteiger partial charge in [-0.15, -0.1) is 0 Å². The van der Waals surface area contributed by atoms with Gasteiger partial charge < -0.3 is 10.6 Å². The molecule has 3 heteroatoms. The fourth-order valence-electron chi connectivity index (χ4n) is 1.74. The van der Waals surface area contributed by atoms with Gasteiger partial charge in [0.05, 0.1) is 11.6 Å². The number of anilines is 2. The first kappa shape index (κ1) is 12.0. The van der Waals surface area contributed by atoms with E-state index < -0.39 is 0 Å². The summed E-state index contributed by atoms with van der Waals surface area (Å²) in [4.78, 5) is 0. The molecule has 18 heavy (non-hydrogen) atoms. The van der Waals surface area contributed by atoms with Crippen molar-refractivity contribution in [2.45, 2.75) is 6.54 Å². The number of nitrogens with zero attached hydrogens (tertiary/aromatic N) is 1. The van der Waals surface area contributed by atoms with Gasteiger partial charge in [0, 0.05) is 25.0 Å². The molecule has 0 spiro atoms. The van der Waals surface area contributed by atoms with Crippen LogP contribution in [0.15, 0.2) is 48.5 Å². The molecule has 2 aromatic carbocycles. The highest BCUT2D eigenvalue weighted by Gasteiger charge is 1.97. The van der Waals surface area contributed by atoms with Crippen molar-refractivity contribution in [2.24, 2.45) is 0 Å². The number of hydrogen-bond acceptors (Lipinski definition) is 3. The third-order valence-electron chi connectivity index (χ3n) is 2.70. The van der Waals surface area contributed by atoms with Crippen molar-refractivity contribution in [1.29, 1.82) is 5.26 Å². The van der Waals surface area contributed by atoms with Gasteiger partial charge in [0.25, 0.3) is 0 Å². The lowest BCUT2D eigenvalue weighted by Crippen LogP contribution is -2.00. The maximum Gasteiger partial charge on any atom is 0.0992 e. The van der Waals surface area contributed by atoms with Crippen molar-refractivity contribution in [2.75, 3.05) is 17.7 Å². The van der Waals surface area contributed by atoms with E-state index >= 15 is 0 Å². The molecule has 0 bridgehead atoms. The highest BCUT2D eigenvalue weighted by atomic mass is 14.9. The second kappa shape index (κ2) is 5.74.